The molecule has 2 aromatic rings. The van der Waals surface area contributed by atoms with Crippen LogP contribution in [0.15, 0.2) is 60.7 Å². The summed E-state index contributed by atoms with van der Waals surface area (Å²) >= 11 is 0. The van der Waals surface area contributed by atoms with Crippen molar-refractivity contribution in [3.05, 3.63) is 71.8 Å². The number of hydrogen-bond donors (Lipinski definition) is 2. The number of hydrogen-bond acceptors (Lipinski definition) is 3. The summed E-state index contributed by atoms with van der Waals surface area (Å²) in [7, 11) is 0. The molecule has 0 saturated carbocycles. The van der Waals surface area contributed by atoms with E-state index in [-0.39, 0.29) is 12.3 Å². The van der Waals surface area contributed by atoms with E-state index in [1.54, 1.807) is 0 Å². The molecular formula is C18H20N2O2. The Morgan fingerprint density at radius 1 is 0.909 bits per heavy atom. The minimum absolute atomic E-state index is 0.272. The molecule has 4 nitrogen and oxygen atoms in total. The first-order valence-electron chi connectivity index (χ1n) is 7.32. The van der Waals surface area contributed by atoms with Crippen LogP contribution in [0.5, 0.6) is 0 Å². The van der Waals surface area contributed by atoms with Gasteiger partial charge < -0.3 is 5.73 Å². The Kier molecular flexibility index (Phi) is 5.86. The van der Waals surface area contributed by atoms with Gasteiger partial charge in [-0.2, -0.15) is 0 Å². The van der Waals surface area contributed by atoms with Gasteiger partial charge in [-0.3, -0.25) is 14.9 Å². The van der Waals surface area contributed by atoms with Crippen LogP contribution in [-0.2, 0) is 22.4 Å². The molecule has 0 radical (unpaired) electrons. The Morgan fingerprint density at radius 2 is 1.45 bits per heavy atom. The van der Waals surface area contributed by atoms with Crippen molar-refractivity contribution in [1.29, 1.82) is 0 Å². The molecule has 114 valence electrons. The van der Waals surface area contributed by atoms with Crippen LogP contribution in [0.3, 0.4) is 0 Å². The SMILES string of the molecule is N[C@@H](Cc1ccccc1)C(=O)NC(=O)CCc1ccccc1. The van der Waals surface area contributed by atoms with E-state index in [1.807, 2.05) is 60.7 Å². The van der Waals surface area contributed by atoms with E-state index in [0.29, 0.717) is 12.8 Å². The molecule has 4 heteroatoms. The molecular weight excluding hydrogens is 276 g/mol. The highest BCUT2D eigenvalue weighted by Crippen LogP contribution is 2.03. The number of nitrogens with two attached hydrogens (primary N) is 1. The zero-order valence-electron chi connectivity index (χ0n) is 12.4. The number of carbonyl (C=O) groups excluding carboxylic acids is 2. The Labute approximate surface area is 130 Å². The van der Waals surface area contributed by atoms with Gasteiger partial charge in [0.05, 0.1) is 6.04 Å². The number of benzene rings is 2. The van der Waals surface area contributed by atoms with Gasteiger partial charge in [0, 0.05) is 6.42 Å². The lowest BCUT2D eigenvalue weighted by Gasteiger charge is -2.11. The smallest absolute Gasteiger partial charge is 0.243 e. The fourth-order valence-electron chi connectivity index (χ4n) is 2.16. The first-order chi connectivity index (χ1) is 10.6. The van der Waals surface area contributed by atoms with Crippen molar-refractivity contribution in [2.75, 3.05) is 0 Å². The maximum Gasteiger partial charge on any atom is 0.243 e. The summed E-state index contributed by atoms with van der Waals surface area (Å²) in [4.78, 5) is 23.7. The fraction of sp³-hybridized carbons (Fsp3) is 0.222. The van der Waals surface area contributed by atoms with Gasteiger partial charge in [0.15, 0.2) is 0 Å². The average Bonchev–Trinajstić information content (AvgIpc) is 2.55. The van der Waals surface area contributed by atoms with Crippen LogP contribution in [-0.4, -0.2) is 17.9 Å². The Hall–Kier alpha value is -2.46. The van der Waals surface area contributed by atoms with Crippen LogP contribution in [0.4, 0.5) is 0 Å². The molecule has 0 aliphatic heterocycles. The van der Waals surface area contributed by atoms with Gasteiger partial charge in [-0.05, 0) is 24.0 Å². The van der Waals surface area contributed by atoms with Crippen molar-refractivity contribution >= 4 is 11.8 Å². The summed E-state index contributed by atoms with van der Waals surface area (Å²) in [5, 5.41) is 2.37. The fourth-order valence-corrected chi connectivity index (χ4v) is 2.16. The largest absolute Gasteiger partial charge is 0.320 e. The molecule has 0 fully saturated rings. The number of nitrogens with one attached hydrogen (secondary N) is 1. The Morgan fingerprint density at radius 3 is 2.05 bits per heavy atom. The lowest BCUT2D eigenvalue weighted by molar-refractivity contribution is -0.131. The van der Waals surface area contributed by atoms with Crippen molar-refractivity contribution < 1.29 is 9.59 Å². The maximum atomic E-state index is 11.9. The second-order valence-electron chi connectivity index (χ2n) is 5.19. The molecule has 0 heterocycles. The molecule has 22 heavy (non-hydrogen) atoms. The second kappa shape index (κ2) is 8.10. The summed E-state index contributed by atoms with van der Waals surface area (Å²) in [5.74, 6) is -0.723. The molecule has 2 amide bonds. The first kappa shape index (κ1) is 15.9. The molecule has 0 spiro atoms. The lowest BCUT2D eigenvalue weighted by Crippen LogP contribution is -2.44. The highest BCUT2D eigenvalue weighted by molar-refractivity contribution is 5.97. The second-order valence-corrected chi connectivity index (χ2v) is 5.19. The van der Waals surface area contributed by atoms with Gasteiger partial charge in [-0.1, -0.05) is 60.7 Å². The molecule has 0 unspecified atom stereocenters. The predicted octanol–water partition coefficient (Wildman–Crippen LogP) is 1.83. The van der Waals surface area contributed by atoms with Crippen molar-refractivity contribution in [3.8, 4) is 0 Å². The van der Waals surface area contributed by atoms with Gasteiger partial charge in [0.1, 0.15) is 0 Å². The van der Waals surface area contributed by atoms with Gasteiger partial charge in [-0.15, -0.1) is 0 Å². The van der Waals surface area contributed by atoms with Crippen LogP contribution in [0.2, 0.25) is 0 Å². The molecule has 0 bridgehead atoms. The first-order valence-corrected chi connectivity index (χ1v) is 7.32. The number of imide groups is 1. The summed E-state index contributed by atoms with van der Waals surface area (Å²) < 4.78 is 0. The van der Waals surface area contributed by atoms with E-state index in [4.69, 9.17) is 5.73 Å². The van der Waals surface area contributed by atoms with Gasteiger partial charge in [0.25, 0.3) is 0 Å². The molecule has 0 aromatic heterocycles. The number of carbonyl (C=O) groups is 2. The van der Waals surface area contributed by atoms with E-state index in [9.17, 15) is 9.59 Å². The van der Waals surface area contributed by atoms with Crippen LogP contribution >= 0.6 is 0 Å². The number of rotatable bonds is 6. The average molecular weight is 296 g/mol. The monoisotopic (exact) mass is 296 g/mol. The summed E-state index contributed by atoms with van der Waals surface area (Å²) in [6.45, 7) is 0. The van der Waals surface area contributed by atoms with Crippen LogP contribution in [0.25, 0.3) is 0 Å². The summed E-state index contributed by atoms with van der Waals surface area (Å²) in [6, 6.07) is 18.5. The highest BCUT2D eigenvalue weighted by Gasteiger charge is 2.16. The number of aryl methyl sites for hydroxylation is 1. The maximum absolute atomic E-state index is 11.9. The summed E-state index contributed by atoms with van der Waals surface area (Å²) in [5.41, 5.74) is 7.88. The van der Waals surface area contributed by atoms with Gasteiger partial charge >= 0.3 is 0 Å². The van der Waals surface area contributed by atoms with Crippen LogP contribution in [0, 0.1) is 0 Å². The normalized spacial score (nSPS) is 11.7. The lowest BCUT2D eigenvalue weighted by atomic mass is 10.1. The Balaban J connectivity index is 1.77. The Bertz CT molecular complexity index is 611. The summed E-state index contributed by atoms with van der Waals surface area (Å²) in [6.07, 6.45) is 1.29. The van der Waals surface area contributed by atoms with Gasteiger partial charge in [-0.25, -0.2) is 0 Å². The third-order valence-corrected chi connectivity index (χ3v) is 3.38. The highest BCUT2D eigenvalue weighted by atomic mass is 16.2. The molecule has 0 aliphatic carbocycles. The quantitative estimate of drug-likeness (QED) is 0.854. The van der Waals surface area contributed by atoms with Crippen LogP contribution < -0.4 is 11.1 Å². The third kappa shape index (κ3) is 5.14. The predicted molar refractivity (Wildman–Crippen MR) is 86.0 cm³/mol. The number of amides is 2. The van der Waals surface area contributed by atoms with Crippen molar-refractivity contribution in [2.24, 2.45) is 5.73 Å². The van der Waals surface area contributed by atoms with E-state index < -0.39 is 11.9 Å². The minimum Gasteiger partial charge on any atom is -0.320 e. The topological polar surface area (TPSA) is 72.2 Å². The van der Waals surface area contributed by atoms with Crippen molar-refractivity contribution in [2.45, 2.75) is 25.3 Å². The van der Waals surface area contributed by atoms with Crippen molar-refractivity contribution in [1.82, 2.24) is 5.32 Å². The standard InChI is InChI=1S/C18H20N2O2/c19-16(13-15-9-5-2-6-10-15)18(22)20-17(21)12-11-14-7-3-1-4-8-14/h1-10,16H,11-13,19H2,(H,20,21,22)/t16-/m0/s1. The zero-order valence-corrected chi connectivity index (χ0v) is 12.4. The van der Waals surface area contributed by atoms with Crippen molar-refractivity contribution in [3.63, 3.8) is 0 Å². The van der Waals surface area contributed by atoms with E-state index in [0.717, 1.165) is 11.1 Å². The molecule has 2 aromatic carbocycles. The third-order valence-electron chi connectivity index (χ3n) is 3.38. The van der Waals surface area contributed by atoms with Gasteiger partial charge in [0.2, 0.25) is 11.8 Å². The zero-order chi connectivity index (χ0) is 15.8. The molecule has 0 aliphatic rings. The van der Waals surface area contributed by atoms with E-state index in [1.165, 1.54) is 0 Å². The molecule has 2 rings (SSSR count). The van der Waals surface area contributed by atoms with Crippen LogP contribution in [0.1, 0.15) is 17.5 Å². The molecule has 0 saturated heterocycles. The van der Waals surface area contributed by atoms with E-state index >= 15 is 0 Å². The molecule has 1 atom stereocenters. The van der Waals surface area contributed by atoms with E-state index in [2.05, 4.69) is 5.32 Å². The minimum atomic E-state index is -0.719. The molecule has 3 N–H and O–H groups in total.